The first-order chi connectivity index (χ1) is 12.3. The van der Waals surface area contributed by atoms with Gasteiger partial charge in [0, 0.05) is 17.7 Å². The van der Waals surface area contributed by atoms with Gasteiger partial charge in [0.05, 0.1) is 18.5 Å². The van der Waals surface area contributed by atoms with Crippen LogP contribution in [0.1, 0.15) is 30.6 Å². The summed E-state index contributed by atoms with van der Waals surface area (Å²) in [6, 6.07) is 8.69. The molecule has 0 unspecified atom stereocenters. The summed E-state index contributed by atoms with van der Waals surface area (Å²) in [5.74, 6) is -0.780. The lowest BCUT2D eigenvalue weighted by atomic mass is 10.1. The van der Waals surface area contributed by atoms with Crippen molar-refractivity contribution in [1.82, 2.24) is 0 Å². The normalized spacial score (nSPS) is 10.1. The molecule has 0 bridgehead atoms. The van der Waals surface area contributed by atoms with Gasteiger partial charge in [-0.15, -0.1) is 12.4 Å². The van der Waals surface area contributed by atoms with Crippen LogP contribution in [-0.2, 0) is 4.79 Å². The molecule has 0 saturated carbocycles. The molecule has 0 saturated heterocycles. The molecule has 0 radical (unpaired) electrons. The van der Waals surface area contributed by atoms with E-state index in [1.807, 2.05) is 13.8 Å². The van der Waals surface area contributed by atoms with Crippen molar-refractivity contribution in [2.75, 3.05) is 23.5 Å². The first-order valence-corrected chi connectivity index (χ1v) is 8.14. The molecule has 0 heterocycles. The highest BCUT2D eigenvalue weighted by atomic mass is 35.5. The van der Waals surface area contributed by atoms with Crippen LogP contribution < -0.4 is 21.1 Å². The Bertz CT molecular complexity index is 828. The number of carbonyl (C=O) groups excluding carboxylic acids is 2. The van der Waals surface area contributed by atoms with Crippen LogP contribution in [0, 0.1) is 11.7 Å². The summed E-state index contributed by atoms with van der Waals surface area (Å²) in [6.45, 7) is 3.80. The van der Waals surface area contributed by atoms with Gasteiger partial charge in [0.15, 0.2) is 0 Å². The molecule has 2 rings (SSSR count). The lowest BCUT2D eigenvalue weighted by molar-refractivity contribution is -0.116. The number of nitrogen functional groups attached to an aromatic ring is 1. The van der Waals surface area contributed by atoms with Gasteiger partial charge in [-0.25, -0.2) is 4.39 Å². The van der Waals surface area contributed by atoms with E-state index in [1.165, 1.54) is 19.2 Å². The number of halogens is 2. The summed E-state index contributed by atoms with van der Waals surface area (Å²) in [7, 11) is 1.49. The number of nitrogens with one attached hydrogen (secondary N) is 2. The maximum Gasteiger partial charge on any atom is 0.255 e. The van der Waals surface area contributed by atoms with Crippen molar-refractivity contribution < 1.29 is 18.7 Å². The highest BCUT2D eigenvalue weighted by Gasteiger charge is 2.13. The van der Waals surface area contributed by atoms with Gasteiger partial charge in [-0.2, -0.15) is 0 Å². The average molecular weight is 396 g/mol. The largest absolute Gasteiger partial charge is 0.495 e. The molecule has 2 amide bonds. The zero-order valence-electron chi connectivity index (χ0n) is 15.3. The second kappa shape index (κ2) is 9.78. The smallest absolute Gasteiger partial charge is 0.255 e. The molecule has 0 spiro atoms. The summed E-state index contributed by atoms with van der Waals surface area (Å²) < 4.78 is 19.2. The van der Waals surface area contributed by atoms with Crippen molar-refractivity contribution in [3.05, 3.63) is 47.8 Å². The van der Waals surface area contributed by atoms with Gasteiger partial charge in [0.2, 0.25) is 5.91 Å². The Morgan fingerprint density at radius 1 is 1.15 bits per heavy atom. The molecule has 27 heavy (non-hydrogen) atoms. The quantitative estimate of drug-likeness (QED) is 0.642. The minimum atomic E-state index is -0.677. The zero-order valence-corrected chi connectivity index (χ0v) is 16.2. The van der Waals surface area contributed by atoms with Crippen molar-refractivity contribution in [3.8, 4) is 5.75 Å². The molecule has 4 N–H and O–H groups in total. The molecule has 0 fully saturated rings. The third kappa shape index (κ3) is 6.14. The van der Waals surface area contributed by atoms with Crippen molar-refractivity contribution >= 4 is 41.3 Å². The van der Waals surface area contributed by atoms with E-state index in [2.05, 4.69) is 10.6 Å². The number of anilines is 3. The average Bonchev–Trinajstić information content (AvgIpc) is 2.56. The van der Waals surface area contributed by atoms with Crippen LogP contribution >= 0.6 is 12.4 Å². The van der Waals surface area contributed by atoms with Gasteiger partial charge >= 0.3 is 0 Å². The SMILES string of the molecule is COc1ccc(NC(=O)c2ccc(NC(=O)CC(C)C)c(F)c2)cc1N.Cl. The molecule has 0 aromatic heterocycles. The van der Waals surface area contributed by atoms with Gasteiger partial charge in [-0.1, -0.05) is 13.8 Å². The lowest BCUT2D eigenvalue weighted by Gasteiger charge is -2.11. The summed E-state index contributed by atoms with van der Waals surface area (Å²) in [4.78, 5) is 24.0. The Morgan fingerprint density at radius 2 is 1.85 bits per heavy atom. The maximum atomic E-state index is 14.2. The van der Waals surface area contributed by atoms with Crippen LogP contribution in [0.4, 0.5) is 21.5 Å². The minimum absolute atomic E-state index is 0. The molecule has 0 aliphatic rings. The van der Waals surface area contributed by atoms with E-state index < -0.39 is 11.7 Å². The highest BCUT2D eigenvalue weighted by molar-refractivity contribution is 6.05. The van der Waals surface area contributed by atoms with Crippen LogP contribution in [0.3, 0.4) is 0 Å². The number of nitrogens with two attached hydrogens (primary N) is 1. The molecule has 0 aliphatic heterocycles. The summed E-state index contributed by atoms with van der Waals surface area (Å²) >= 11 is 0. The third-order valence-electron chi connectivity index (χ3n) is 3.59. The van der Waals surface area contributed by atoms with Crippen molar-refractivity contribution in [2.24, 2.45) is 5.92 Å². The fourth-order valence-corrected chi connectivity index (χ4v) is 2.35. The number of rotatable bonds is 6. The maximum absolute atomic E-state index is 14.2. The number of amides is 2. The first-order valence-electron chi connectivity index (χ1n) is 8.14. The van der Waals surface area contributed by atoms with Crippen molar-refractivity contribution in [3.63, 3.8) is 0 Å². The van der Waals surface area contributed by atoms with Gasteiger partial charge in [0.25, 0.3) is 5.91 Å². The zero-order chi connectivity index (χ0) is 19.3. The predicted molar refractivity (Wildman–Crippen MR) is 107 cm³/mol. The number of ether oxygens (including phenoxy) is 1. The minimum Gasteiger partial charge on any atom is -0.495 e. The van der Waals surface area contributed by atoms with E-state index in [-0.39, 0.29) is 35.5 Å². The second-order valence-corrected chi connectivity index (χ2v) is 6.25. The standard InChI is InChI=1S/C19H22FN3O3.ClH/c1-11(2)8-18(24)23-16-6-4-12(9-14(16)20)19(25)22-13-5-7-17(26-3)15(21)10-13;/h4-7,9-11H,8,21H2,1-3H3,(H,22,25)(H,23,24);1H. The summed E-state index contributed by atoms with van der Waals surface area (Å²) in [5, 5.41) is 5.14. The topological polar surface area (TPSA) is 93.5 Å². The van der Waals surface area contributed by atoms with Crippen molar-refractivity contribution in [2.45, 2.75) is 20.3 Å². The van der Waals surface area contributed by atoms with Gasteiger partial charge in [0.1, 0.15) is 11.6 Å². The fraction of sp³-hybridized carbons (Fsp3) is 0.263. The van der Waals surface area contributed by atoms with Crippen molar-refractivity contribution in [1.29, 1.82) is 0 Å². The molecule has 146 valence electrons. The van der Waals surface area contributed by atoms with E-state index in [9.17, 15) is 14.0 Å². The molecular weight excluding hydrogens is 373 g/mol. The molecule has 0 atom stereocenters. The summed E-state index contributed by atoms with van der Waals surface area (Å²) in [5.41, 5.74) is 6.80. The third-order valence-corrected chi connectivity index (χ3v) is 3.59. The van der Waals surface area contributed by atoms with Gasteiger partial charge in [-0.05, 0) is 42.3 Å². The van der Waals surface area contributed by atoms with Gasteiger partial charge in [-0.3, -0.25) is 9.59 Å². The molecular formula is C19H23ClFN3O3. The number of carbonyl (C=O) groups is 2. The van der Waals surface area contributed by atoms with Gasteiger partial charge < -0.3 is 21.1 Å². The second-order valence-electron chi connectivity index (χ2n) is 6.25. The first kappa shape index (κ1) is 22.2. The van der Waals surface area contributed by atoms with E-state index in [1.54, 1.807) is 18.2 Å². The highest BCUT2D eigenvalue weighted by Crippen LogP contribution is 2.25. The van der Waals surface area contributed by atoms with Crippen LogP contribution in [0.25, 0.3) is 0 Å². The Balaban J connectivity index is 0.00000364. The summed E-state index contributed by atoms with van der Waals surface area (Å²) in [6.07, 6.45) is 0.292. The molecule has 0 aliphatic carbocycles. The predicted octanol–water partition coefficient (Wildman–Crippen LogP) is 4.08. The molecule has 2 aromatic carbocycles. The van der Waals surface area contributed by atoms with Crippen LogP contribution in [0.5, 0.6) is 5.75 Å². The number of benzene rings is 2. The molecule has 6 nitrogen and oxygen atoms in total. The van der Waals surface area contributed by atoms with E-state index >= 15 is 0 Å². The van der Waals surface area contributed by atoms with Crippen LogP contribution in [0.2, 0.25) is 0 Å². The van der Waals surface area contributed by atoms with Crippen LogP contribution in [-0.4, -0.2) is 18.9 Å². The lowest BCUT2D eigenvalue weighted by Crippen LogP contribution is -2.16. The monoisotopic (exact) mass is 395 g/mol. The molecule has 2 aromatic rings. The Kier molecular flexibility index (Phi) is 8.05. The number of hydrogen-bond acceptors (Lipinski definition) is 4. The number of methoxy groups -OCH3 is 1. The van der Waals surface area contributed by atoms with E-state index in [4.69, 9.17) is 10.5 Å². The Morgan fingerprint density at radius 3 is 2.41 bits per heavy atom. The van der Waals surface area contributed by atoms with E-state index in [0.717, 1.165) is 6.07 Å². The Labute approximate surface area is 163 Å². The molecule has 8 heteroatoms. The van der Waals surface area contributed by atoms with E-state index in [0.29, 0.717) is 23.5 Å². The van der Waals surface area contributed by atoms with Crippen LogP contribution in [0.15, 0.2) is 36.4 Å². The Hall–Kier alpha value is -2.80. The number of hydrogen-bond donors (Lipinski definition) is 3. The fourth-order valence-electron chi connectivity index (χ4n) is 2.35.